The zero-order valence-electron chi connectivity index (χ0n) is 16.1. The van der Waals surface area contributed by atoms with Crippen molar-refractivity contribution in [3.8, 4) is 0 Å². The number of hydrogen-bond donors (Lipinski definition) is 1. The molecule has 1 aromatic carbocycles. The molecule has 1 saturated heterocycles. The van der Waals surface area contributed by atoms with Crippen molar-refractivity contribution < 1.29 is 31.5 Å². The van der Waals surface area contributed by atoms with Crippen molar-refractivity contribution in [1.82, 2.24) is 15.1 Å². The molecule has 0 unspecified atom stereocenters. The van der Waals surface area contributed by atoms with Gasteiger partial charge in [-0.1, -0.05) is 0 Å². The third-order valence-electron chi connectivity index (χ3n) is 4.78. The Kier molecular flexibility index (Phi) is 7.95. The molecule has 0 aromatic heterocycles. The van der Waals surface area contributed by atoms with Crippen molar-refractivity contribution in [2.24, 2.45) is 5.92 Å². The van der Waals surface area contributed by atoms with Crippen LogP contribution in [0.4, 0.5) is 22.0 Å². The van der Waals surface area contributed by atoms with Gasteiger partial charge < -0.3 is 10.2 Å². The Morgan fingerprint density at radius 3 is 2.45 bits per heavy atom. The normalized spacial score (nSPS) is 15.6. The summed E-state index contributed by atoms with van der Waals surface area (Å²) < 4.78 is 63.5. The molecule has 1 aromatic rings. The molecule has 1 aliphatic rings. The molecular formula is C19H24F5N3O2. The van der Waals surface area contributed by atoms with Crippen molar-refractivity contribution >= 4 is 11.8 Å². The van der Waals surface area contributed by atoms with Crippen LogP contribution >= 0.6 is 0 Å². The minimum absolute atomic E-state index is 0.204. The maximum Gasteiger partial charge on any atom is 0.401 e. The van der Waals surface area contributed by atoms with Crippen LogP contribution in [0.25, 0.3) is 0 Å². The predicted octanol–water partition coefficient (Wildman–Crippen LogP) is 2.82. The van der Waals surface area contributed by atoms with E-state index in [0.29, 0.717) is 25.3 Å². The first-order valence-electron chi connectivity index (χ1n) is 9.34. The topological polar surface area (TPSA) is 52.7 Å². The van der Waals surface area contributed by atoms with Gasteiger partial charge in [0.05, 0.1) is 12.1 Å². The molecule has 5 nitrogen and oxygen atoms in total. The van der Waals surface area contributed by atoms with Gasteiger partial charge in [0, 0.05) is 31.6 Å². The Morgan fingerprint density at radius 2 is 1.86 bits per heavy atom. The second kappa shape index (κ2) is 10.00. The van der Waals surface area contributed by atoms with Crippen LogP contribution in [0.1, 0.15) is 29.6 Å². The number of benzene rings is 1. The number of nitrogens with zero attached hydrogens (tertiary/aromatic N) is 2. The lowest BCUT2D eigenvalue weighted by Gasteiger charge is -2.31. The molecule has 1 fully saturated rings. The first-order chi connectivity index (χ1) is 13.6. The zero-order chi connectivity index (χ0) is 21.6. The number of nitrogens with one attached hydrogen (secondary N) is 1. The van der Waals surface area contributed by atoms with Crippen molar-refractivity contribution in [2.45, 2.75) is 25.4 Å². The predicted molar refractivity (Wildman–Crippen MR) is 96.2 cm³/mol. The van der Waals surface area contributed by atoms with Gasteiger partial charge in [-0.25, -0.2) is 8.78 Å². The van der Waals surface area contributed by atoms with Crippen LogP contribution in [0, 0.1) is 17.6 Å². The molecule has 10 heteroatoms. The molecule has 1 N–H and O–H groups in total. The number of rotatable bonds is 7. The summed E-state index contributed by atoms with van der Waals surface area (Å²) in [4.78, 5) is 27.1. The van der Waals surface area contributed by atoms with Crippen molar-refractivity contribution in [3.05, 3.63) is 35.4 Å². The third-order valence-corrected chi connectivity index (χ3v) is 4.78. The van der Waals surface area contributed by atoms with Gasteiger partial charge in [-0.05, 0) is 45.0 Å². The largest absolute Gasteiger partial charge is 0.401 e. The highest BCUT2D eigenvalue weighted by molar-refractivity contribution is 5.94. The van der Waals surface area contributed by atoms with E-state index in [1.807, 2.05) is 0 Å². The molecule has 0 radical (unpaired) electrons. The first kappa shape index (κ1) is 23.1. The molecule has 162 valence electrons. The van der Waals surface area contributed by atoms with Crippen LogP contribution in [0.3, 0.4) is 0 Å². The third kappa shape index (κ3) is 7.26. The van der Waals surface area contributed by atoms with E-state index >= 15 is 0 Å². The standard InChI is InChI=1S/C19H24F5N3O2/c1-26(12-19(22,23)24)8-2-7-25-17(28)13-5-9-27(10-6-13)18(29)15-4-3-14(20)11-16(15)21/h3-4,11,13H,2,5-10,12H2,1H3,(H,25,28). The van der Waals surface area contributed by atoms with Crippen LogP contribution < -0.4 is 5.32 Å². The van der Waals surface area contributed by atoms with E-state index in [4.69, 9.17) is 0 Å². The van der Waals surface area contributed by atoms with Crippen molar-refractivity contribution in [1.29, 1.82) is 0 Å². The fourth-order valence-corrected chi connectivity index (χ4v) is 3.27. The molecule has 0 atom stereocenters. The molecule has 1 aliphatic heterocycles. The Hall–Kier alpha value is -2.23. The average molecular weight is 421 g/mol. The highest BCUT2D eigenvalue weighted by atomic mass is 19.4. The van der Waals surface area contributed by atoms with Gasteiger partial charge in [0.1, 0.15) is 11.6 Å². The molecule has 0 saturated carbocycles. The Morgan fingerprint density at radius 1 is 1.21 bits per heavy atom. The van der Waals surface area contributed by atoms with E-state index in [0.717, 1.165) is 17.0 Å². The summed E-state index contributed by atoms with van der Waals surface area (Å²) in [5.74, 6) is -2.76. The molecule has 2 amide bonds. The van der Waals surface area contributed by atoms with Gasteiger partial charge >= 0.3 is 6.18 Å². The number of alkyl halides is 3. The van der Waals surface area contributed by atoms with Gasteiger partial charge in [-0.2, -0.15) is 13.2 Å². The highest BCUT2D eigenvalue weighted by Crippen LogP contribution is 2.21. The fourth-order valence-electron chi connectivity index (χ4n) is 3.27. The highest BCUT2D eigenvalue weighted by Gasteiger charge is 2.30. The average Bonchev–Trinajstić information content (AvgIpc) is 2.63. The smallest absolute Gasteiger partial charge is 0.356 e. The number of carbonyl (C=O) groups excluding carboxylic acids is 2. The molecule has 29 heavy (non-hydrogen) atoms. The first-order valence-corrected chi connectivity index (χ1v) is 9.34. The SMILES string of the molecule is CN(CCCNC(=O)C1CCN(C(=O)c2ccc(F)cc2F)CC1)CC(F)(F)F. The van der Waals surface area contributed by atoms with Gasteiger partial charge in [-0.15, -0.1) is 0 Å². The minimum Gasteiger partial charge on any atom is -0.356 e. The molecule has 0 bridgehead atoms. The zero-order valence-corrected chi connectivity index (χ0v) is 16.1. The van der Waals surface area contributed by atoms with E-state index in [1.165, 1.54) is 11.9 Å². The minimum atomic E-state index is -4.25. The lowest BCUT2D eigenvalue weighted by molar-refractivity contribution is -0.143. The van der Waals surface area contributed by atoms with Crippen LogP contribution in [-0.4, -0.2) is 67.6 Å². The summed E-state index contributed by atoms with van der Waals surface area (Å²) in [6.07, 6.45) is -3.07. The van der Waals surface area contributed by atoms with Gasteiger partial charge in [0.15, 0.2) is 0 Å². The maximum absolute atomic E-state index is 13.8. The summed E-state index contributed by atoms with van der Waals surface area (Å²) in [6, 6.07) is 2.77. The Bertz CT molecular complexity index is 718. The van der Waals surface area contributed by atoms with E-state index in [2.05, 4.69) is 5.32 Å². The fraction of sp³-hybridized carbons (Fsp3) is 0.579. The molecule has 0 spiro atoms. The monoisotopic (exact) mass is 421 g/mol. The number of carbonyl (C=O) groups is 2. The number of halogens is 5. The summed E-state index contributed by atoms with van der Waals surface area (Å²) in [6.45, 7) is 0.00311. The number of piperidine rings is 1. The van der Waals surface area contributed by atoms with Crippen LogP contribution in [0.15, 0.2) is 18.2 Å². The van der Waals surface area contributed by atoms with E-state index in [-0.39, 0.29) is 43.6 Å². The molecular weight excluding hydrogens is 397 g/mol. The van der Waals surface area contributed by atoms with E-state index in [9.17, 15) is 31.5 Å². The van der Waals surface area contributed by atoms with Gasteiger partial charge in [0.2, 0.25) is 5.91 Å². The number of amides is 2. The summed E-state index contributed by atoms with van der Waals surface area (Å²) in [5.41, 5.74) is -0.211. The summed E-state index contributed by atoms with van der Waals surface area (Å²) >= 11 is 0. The second-order valence-corrected chi connectivity index (χ2v) is 7.19. The number of likely N-dealkylation sites (tertiary alicyclic amines) is 1. The molecule has 2 rings (SSSR count). The van der Waals surface area contributed by atoms with Crippen LogP contribution in [0.5, 0.6) is 0 Å². The Labute approximate surface area is 165 Å². The number of hydrogen-bond acceptors (Lipinski definition) is 3. The summed E-state index contributed by atoms with van der Waals surface area (Å²) in [5, 5.41) is 2.71. The maximum atomic E-state index is 13.8. The lowest BCUT2D eigenvalue weighted by Crippen LogP contribution is -2.43. The molecule has 1 heterocycles. The van der Waals surface area contributed by atoms with E-state index < -0.39 is 30.3 Å². The van der Waals surface area contributed by atoms with Crippen molar-refractivity contribution in [3.63, 3.8) is 0 Å². The van der Waals surface area contributed by atoms with E-state index in [1.54, 1.807) is 0 Å². The van der Waals surface area contributed by atoms with Crippen molar-refractivity contribution in [2.75, 3.05) is 39.8 Å². The Balaban J connectivity index is 1.72. The van der Waals surface area contributed by atoms with Crippen LogP contribution in [-0.2, 0) is 4.79 Å². The van der Waals surface area contributed by atoms with Gasteiger partial charge in [0.25, 0.3) is 5.91 Å². The summed E-state index contributed by atoms with van der Waals surface area (Å²) in [7, 11) is 1.37. The molecule has 0 aliphatic carbocycles. The van der Waals surface area contributed by atoms with Gasteiger partial charge in [-0.3, -0.25) is 14.5 Å². The quantitative estimate of drug-likeness (QED) is 0.544. The van der Waals surface area contributed by atoms with Crippen LogP contribution in [0.2, 0.25) is 0 Å². The second-order valence-electron chi connectivity index (χ2n) is 7.19. The lowest BCUT2D eigenvalue weighted by atomic mass is 9.95.